The molecule has 0 radical (unpaired) electrons. The fraction of sp³-hybridized carbons (Fsp3) is 0.217. The Morgan fingerprint density at radius 3 is 2.82 bits per heavy atom. The average Bonchev–Trinajstić information content (AvgIpc) is 3.27. The highest BCUT2D eigenvalue weighted by Crippen LogP contribution is 2.27. The number of primary amides is 1. The molecule has 10 nitrogen and oxygen atoms in total. The molecule has 11 heteroatoms. The summed E-state index contributed by atoms with van der Waals surface area (Å²) in [5.74, 6) is 0.579. The second-order valence-corrected chi connectivity index (χ2v) is 8.42. The molecule has 0 spiro atoms. The predicted molar refractivity (Wildman–Crippen MR) is 129 cm³/mol. The van der Waals surface area contributed by atoms with Crippen LogP contribution in [0.3, 0.4) is 0 Å². The molecule has 34 heavy (non-hydrogen) atoms. The van der Waals surface area contributed by atoms with Crippen LogP contribution in [0.15, 0.2) is 48.7 Å². The molecular formula is C23H24BN7O3. The van der Waals surface area contributed by atoms with Gasteiger partial charge < -0.3 is 26.0 Å². The molecule has 0 unspecified atom stereocenters. The summed E-state index contributed by atoms with van der Waals surface area (Å²) in [7, 11) is 0.532. The van der Waals surface area contributed by atoms with Gasteiger partial charge in [0.2, 0.25) is 5.91 Å². The van der Waals surface area contributed by atoms with Crippen LogP contribution in [0, 0.1) is 0 Å². The summed E-state index contributed by atoms with van der Waals surface area (Å²) >= 11 is 0. The van der Waals surface area contributed by atoms with Crippen LogP contribution in [0.4, 0.5) is 5.82 Å². The van der Waals surface area contributed by atoms with Crippen LogP contribution >= 0.6 is 0 Å². The summed E-state index contributed by atoms with van der Waals surface area (Å²) in [6, 6.07) is 12.4. The standard InChI is InChI=1S/C23H24BN7O3/c1-30-9-8-19-18(13-30)22(26-11-14-4-2-5-15(10-14)24(33)34)29-23(28-19)31-20-7-3-6-16(21(25)32)17(20)12-27-31/h2-7,10,12,33-34H,8-9,11,13H2,1H3,(H2,25,32)(H,26,28,29). The van der Waals surface area contributed by atoms with Gasteiger partial charge in [-0.25, -0.2) is 4.98 Å². The van der Waals surface area contributed by atoms with Crippen LogP contribution in [-0.2, 0) is 19.5 Å². The zero-order chi connectivity index (χ0) is 23.8. The monoisotopic (exact) mass is 457 g/mol. The summed E-state index contributed by atoms with van der Waals surface area (Å²) in [5, 5.41) is 27.4. The molecule has 0 aliphatic carbocycles. The maximum atomic E-state index is 11.8. The van der Waals surface area contributed by atoms with Gasteiger partial charge in [0.1, 0.15) is 5.82 Å². The maximum Gasteiger partial charge on any atom is 0.488 e. The first-order valence-electron chi connectivity index (χ1n) is 10.9. The Morgan fingerprint density at radius 1 is 1.21 bits per heavy atom. The van der Waals surface area contributed by atoms with Gasteiger partial charge in [-0.1, -0.05) is 30.3 Å². The van der Waals surface area contributed by atoms with E-state index in [4.69, 9.17) is 15.7 Å². The first-order chi connectivity index (χ1) is 16.4. The van der Waals surface area contributed by atoms with Gasteiger partial charge in [-0.05, 0) is 30.2 Å². The van der Waals surface area contributed by atoms with E-state index in [0.717, 1.165) is 29.8 Å². The van der Waals surface area contributed by atoms with E-state index in [1.807, 2.05) is 12.1 Å². The topological polar surface area (TPSA) is 142 Å². The number of nitrogens with one attached hydrogen (secondary N) is 1. The van der Waals surface area contributed by atoms with E-state index >= 15 is 0 Å². The quantitative estimate of drug-likeness (QED) is 0.301. The molecular weight excluding hydrogens is 433 g/mol. The van der Waals surface area contributed by atoms with Crippen LogP contribution in [0.2, 0.25) is 0 Å². The highest BCUT2D eigenvalue weighted by atomic mass is 16.4. The molecule has 0 fully saturated rings. The number of hydrogen-bond donors (Lipinski definition) is 4. The van der Waals surface area contributed by atoms with Crippen molar-refractivity contribution in [3.05, 3.63) is 71.0 Å². The maximum absolute atomic E-state index is 11.8. The number of amides is 1. The summed E-state index contributed by atoms with van der Waals surface area (Å²) in [6.07, 6.45) is 2.37. The number of hydrogen-bond acceptors (Lipinski definition) is 8. The van der Waals surface area contributed by atoms with Crippen molar-refractivity contribution in [2.75, 3.05) is 18.9 Å². The Kier molecular flexibility index (Phi) is 5.74. The Labute approximate surface area is 196 Å². The van der Waals surface area contributed by atoms with Gasteiger partial charge in [0.15, 0.2) is 0 Å². The molecule has 2 aromatic carbocycles. The van der Waals surface area contributed by atoms with Crippen LogP contribution < -0.4 is 16.5 Å². The number of aromatic nitrogens is 4. The third-order valence-corrected chi connectivity index (χ3v) is 6.02. The molecule has 5 rings (SSSR count). The van der Waals surface area contributed by atoms with Crippen LogP contribution in [-0.4, -0.2) is 61.3 Å². The van der Waals surface area contributed by atoms with Gasteiger partial charge >= 0.3 is 7.12 Å². The van der Waals surface area contributed by atoms with E-state index in [1.54, 1.807) is 41.2 Å². The van der Waals surface area contributed by atoms with Crippen molar-refractivity contribution in [1.82, 2.24) is 24.6 Å². The highest BCUT2D eigenvalue weighted by Gasteiger charge is 2.22. The largest absolute Gasteiger partial charge is 0.488 e. The molecule has 0 saturated heterocycles. The molecule has 0 atom stereocenters. The van der Waals surface area contributed by atoms with E-state index in [0.29, 0.717) is 46.8 Å². The van der Waals surface area contributed by atoms with E-state index in [1.165, 1.54) is 0 Å². The van der Waals surface area contributed by atoms with Gasteiger partial charge in [0, 0.05) is 37.0 Å². The van der Waals surface area contributed by atoms with E-state index in [2.05, 4.69) is 22.4 Å². The lowest BCUT2D eigenvalue weighted by Gasteiger charge is -2.26. The van der Waals surface area contributed by atoms with Crippen molar-refractivity contribution in [2.45, 2.75) is 19.5 Å². The zero-order valence-electron chi connectivity index (χ0n) is 18.6. The second-order valence-electron chi connectivity index (χ2n) is 8.42. The van der Waals surface area contributed by atoms with E-state index in [-0.39, 0.29) is 0 Å². The van der Waals surface area contributed by atoms with Crippen molar-refractivity contribution in [3.8, 4) is 5.95 Å². The molecule has 172 valence electrons. The Balaban J connectivity index is 1.55. The minimum Gasteiger partial charge on any atom is -0.423 e. The Morgan fingerprint density at radius 2 is 2.03 bits per heavy atom. The van der Waals surface area contributed by atoms with Gasteiger partial charge in [-0.15, -0.1) is 0 Å². The summed E-state index contributed by atoms with van der Waals surface area (Å²) < 4.78 is 1.62. The van der Waals surface area contributed by atoms with Crippen LogP contribution in [0.25, 0.3) is 16.9 Å². The smallest absolute Gasteiger partial charge is 0.423 e. The number of anilines is 1. The zero-order valence-corrected chi connectivity index (χ0v) is 18.6. The number of nitrogens with two attached hydrogens (primary N) is 1. The molecule has 0 saturated carbocycles. The number of carbonyl (C=O) groups is 1. The minimum atomic E-state index is -1.52. The first-order valence-corrected chi connectivity index (χ1v) is 10.9. The normalized spacial score (nSPS) is 13.6. The van der Waals surface area contributed by atoms with Gasteiger partial charge in [0.25, 0.3) is 5.95 Å². The summed E-state index contributed by atoms with van der Waals surface area (Å²) in [6.45, 7) is 2.03. The first kappa shape index (κ1) is 22.0. The SMILES string of the molecule is CN1CCc2nc(-n3ncc4c(C(N)=O)cccc43)nc(NCc3cccc(B(O)O)c3)c2C1. The van der Waals surface area contributed by atoms with Crippen molar-refractivity contribution >= 4 is 35.2 Å². The summed E-state index contributed by atoms with van der Waals surface area (Å²) in [5.41, 5.74) is 9.90. The fourth-order valence-electron chi connectivity index (χ4n) is 4.25. The predicted octanol–water partition coefficient (Wildman–Crippen LogP) is 0.194. The van der Waals surface area contributed by atoms with Crippen molar-refractivity contribution in [2.24, 2.45) is 5.73 Å². The number of rotatable bonds is 6. The van der Waals surface area contributed by atoms with Gasteiger partial charge in [-0.3, -0.25) is 4.79 Å². The third-order valence-electron chi connectivity index (χ3n) is 6.02. The lowest BCUT2D eigenvalue weighted by Crippen LogP contribution is -2.30. The van der Waals surface area contributed by atoms with E-state index in [9.17, 15) is 14.8 Å². The Bertz CT molecular complexity index is 1390. The lowest BCUT2D eigenvalue weighted by atomic mass is 9.79. The average molecular weight is 457 g/mol. The summed E-state index contributed by atoms with van der Waals surface area (Å²) in [4.78, 5) is 23.6. The minimum absolute atomic E-state index is 0.396. The third kappa shape index (κ3) is 4.12. The number of nitrogens with zero attached hydrogens (tertiary/aromatic N) is 5. The van der Waals surface area contributed by atoms with E-state index < -0.39 is 13.0 Å². The molecule has 2 aromatic heterocycles. The highest BCUT2D eigenvalue weighted by molar-refractivity contribution is 6.58. The van der Waals surface area contributed by atoms with Crippen molar-refractivity contribution in [3.63, 3.8) is 0 Å². The van der Waals surface area contributed by atoms with Gasteiger partial charge in [0.05, 0.1) is 23.0 Å². The molecule has 1 aliphatic rings. The Hall–Kier alpha value is -3.80. The van der Waals surface area contributed by atoms with Gasteiger partial charge in [-0.2, -0.15) is 14.8 Å². The molecule has 0 bridgehead atoms. The molecule has 3 heterocycles. The number of fused-ring (bicyclic) bond motifs is 2. The molecule has 1 amide bonds. The number of carbonyl (C=O) groups excluding carboxylic acids is 1. The number of likely N-dealkylation sites (N-methyl/N-ethyl adjacent to an activating group) is 1. The van der Waals surface area contributed by atoms with Crippen LogP contribution in [0.1, 0.15) is 27.2 Å². The number of benzene rings is 2. The molecule has 4 aromatic rings. The fourth-order valence-corrected chi connectivity index (χ4v) is 4.25. The van der Waals surface area contributed by atoms with Crippen LogP contribution in [0.5, 0.6) is 0 Å². The van der Waals surface area contributed by atoms with Crippen molar-refractivity contribution in [1.29, 1.82) is 0 Å². The second kappa shape index (κ2) is 8.86. The molecule has 1 aliphatic heterocycles. The van der Waals surface area contributed by atoms with Crippen molar-refractivity contribution < 1.29 is 14.8 Å². The molecule has 5 N–H and O–H groups in total. The lowest BCUT2D eigenvalue weighted by molar-refractivity contribution is 0.100.